The molecule has 0 radical (unpaired) electrons. The molecule has 4 N–H and O–H groups in total. The molecule has 116 valence electrons. The minimum atomic E-state index is -0.174. The predicted octanol–water partition coefficient (Wildman–Crippen LogP) is 2.84. The Balaban J connectivity index is 1.70. The highest BCUT2D eigenvalue weighted by atomic mass is 35.5. The van der Waals surface area contributed by atoms with Gasteiger partial charge in [-0.15, -0.1) is 0 Å². The van der Waals surface area contributed by atoms with Crippen LogP contribution in [0.4, 0.5) is 4.79 Å². The standard InChI is InChI=1S/C17H20ClN3O/c18-16-6-4-13(5-7-16)8-9-20-17(22)21-12-15-3-1-2-14(10-15)11-19/h1-7,10H,8-9,11-12,19H2,(H2,20,21,22). The Morgan fingerprint density at radius 3 is 2.45 bits per heavy atom. The van der Waals surface area contributed by atoms with Crippen molar-refractivity contribution in [2.75, 3.05) is 6.54 Å². The lowest BCUT2D eigenvalue weighted by atomic mass is 10.1. The predicted molar refractivity (Wildman–Crippen MR) is 89.7 cm³/mol. The summed E-state index contributed by atoms with van der Waals surface area (Å²) in [6, 6.07) is 15.3. The number of rotatable bonds is 6. The number of hydrogen-bond donors (Lipinski definition) is 3. The normalized spacial score (nSPS) is 10.3. The number of benzene rings is 2. The summed E-state index contributed by atoms with van der Waals surface area (Å²) >= 11 is 5.83. The van der Waals surface area contributed by atoms with Crippen LogP contribution in [0.1, 0.15) is 16.7 Å². The zero-order valence-corrected chi connectivity index (χ0v) is 13.1. The molecule has 0 saturated carbocycles. The van der Waals surface area contributed by atoms with Crippen LogP contribution in [-0.2, 0) is 19.5 Å². The van der Waals surface area contributed by atoms with E-state index in [0.717, 1.165) is 23.1 Å². The van der Waals surface area contributed by atoms with Gasteiger partial charge in [0.1, 0.15) is 0 Å². The van der Waals surface area contributed by atoms with E-state index in [4.69, 9.17) is 17.3 Å². The molecule has 0 saturated heterocycles. The summed E-state index contributed by atoms with van der Waals surface area (Å²) in [7, 11) is 0. The second-order valence-electron chi connectivity index (χ2n) is 5.01. The summed E-state index contributed by atoms with van der Waals surface area (Å²) in [5.41, 5.74) is 8.83. The quantitative estimate of drug-likeness (QED) is 0.767. The van der Waals surface area contributed by atoms with E-state index < -0.39 is 0 Å². The topological polar surface area (TPSA) is 67.1 Å². The summed E-state index contributed by atoms with van der Waals surface area (Å²) in [5, 5.41) is 6.39. The molecule has 22 heavy (non-hydrogen) atoms. The Hall–Kier alpha value is -2.04. The number of carbonyl (C=O) groups excluding carboxylic acids is 1. The van der Waals surface area contributed by atoms with Crippen LogP contribution in [0.3, 0.4) is 0 Å². The van der Waals surface area contributed by atoms with Crippen molar-refractivity contribution < 1.29 is 4.79 Å². The van der Waals surface area contributed by atoms with Gasteiger partial charge in [0.25, 0.3) is 0 Å². The SMILES string of the molecule is NCc1cccc(CNC(=O)NCCc2ccc(Cl)cc2)c1. The molecule has 0 aliphatic rings. The van der Waals surface area contributed by atoms with Gasteiger partial charge in [0.15, 0.2) is 0 Å². The molecule has 4 nitrogen and oxygen atoms in total. The van der Waals surface area contributed by atoms with E-state index in [9.17, 15) is 4.79 Å². The summed E-state index contributed by atoms with van der Waals surface area (Å²) in [6.45, 7) is 1.57. The van der Waals surface area contributed by atoms with Gasteiger partial charge in [0, 0.05) is 24.7 Å². The maximum absolute atomic E-state index is 11.7. The van der Waals surface area contributed by atoms with Gasteiger partial charge < -0.3 is 16.4 Å². The molecule has 2 rings (SSSR count). The monoisotopic (exact) mass is 317 g/mol. The second kappa shape index (κ2) is 8.41. The number of nitrogens with one attached hydrogen (secondary N) is 2. The lowest BCUT2D eigenvalue weighted by Crippen LogP contribution is -2.36. The first-order valence-corrected chi connectivity index (χ1v) is 7.59. The lowest BCUT2D eigenvalue weighted by molar-refractivity contribution is 0.240. The third-order valence-corrected chi connectivity index (χ3v) is 3.54. The molecule has 0 aliphatic heterocycles. The van der Waals surface area contributed by atoms with E-state index in [1.807, 2.05) is 48.5 Å². The second-order valence-corrected chi connectivity index (χ2v) is 5.45. The van der Waals surface area contributed by atoms with Crippen molar-refractivity contribution in [3.05, 3.63) is 70.2 Å². The zero-order chi connectivity index (χ0) is 15.8. The molecular formula is C17H20ClN3O. The molecule has 0 spiro atoms. The highest BCUT2D eigenvalue weighted by Gasteiger charge is 2.01. The van der Waals surface area contributed by atoms with Gasteiger partial charge in [0.2, 0.25) is 0 Å². The van der Waals surface area contributed by atoms with Crippen LogP contribution in [0.5, 0.6) is 0 Å². The van der Waals surface area contributed by atoms with Crippen molar-refractivity contribution in [2.45, 2.75) is 19.5 Å². The van der Waals surface area contributed by atoms with Crippen LogP contribution in [-0.4, -0.2) is 12.6 Å². The smallest absolute Gasteiger partial charge is 0.315 e. The Morgan fingerprint density at radius 1 is 1.00 bits per heavy atom. The average molecular weight is 318 g/mol. The first-order chi connectivity index (χ1) is 10.7. The number of hydrogen-bond acceptors (Lipinski definition) is 2. The van der Waals surface area contributed by atoms with Gasteiger partial charge in [-0.2, -0.15) is 0 Å². The summed E-state index contributed by atoms with van der Waals surface area (Å²) in [4.78, 5) is 11.7. The van der Waals surface area contributed by atoms with E-state index in [1.54, 1.807) is 0 Å². The third-order valence-electron chi connectivity index (χ3n) is 3.29. The highest BCUT2D eigenvalue weighted by molar-refractivity contribution is 6.30. The van der Waals surface area contributed by atoms with Crippen LogP contribution in [0.15, 0.2) is 48.5 Å². The number of halogens is 1. The Labute approximate surface area is 135 Å². The van der Waals surface area contributed by atoms with Crippen LogP contribution >= 0.6 is 11.6 Å². The van der Waals surface area contributed by atoms with Crippen molar-refractivity contribution in [1.29, 1.82) is 0 Å². The molecule has 0 aliphatic carbocycles. The third kappa shape index (κ3) is 5.39. The molecule has 2 amide bonds. The van der Waals surface area contributed by atoms with Crippen molar-refractivity contribution in [3.8, 4) is 0 Å². The first-order valence-electron chi connectivity index (χ1n) is 7.21. The van der Waals surface area contributed by atoms with Gasteiger partial charge in [-0.1, -0.05) is 48.0 Å². The lowest BCUT2D eigenvalue weighted by Gasteiger charge is -2.08. The van der Waals surface area contributed by atoms with Crippen LogP contribution in [0.25, 0.3) is 0 Å². The Kier molecular flexibility index (Phi) is 6.25. The van der Waals surface area contributed by atoms with E-state index >= 15 is 0 Å². The molecule has 0 atom stereocenters. The average Bonchev–Trinajstić information content (AvgIpc) is 2.55. The van der Waals surface area contributed by atoms with E-state index in [1.165, 1.54) is 0 Å². The molecule has 0 heterocycles. The number of urea groups is 1. The molecule has 2 aromatic carbocycles. The molecule has 0 aromatic heterocycles. The van der Waals surface area contributed by atoms with Crippen LogP contribution in [0.2, 0.25) is 5.02 Å². The van der Waals surface area contributed by atoms with Crippen LogP contribution < -0.4 is 16.4 Å². The largest absolute Gasteiger partial charge is 0.338 e. The van der Waals surface area contributed by atoms with Gasteiger partial charge in [-0.05, 0) is 35.2 Å². The molecule has 0 unspecified atom stereocenters. The molecule has 2 aromatic rings. The van der Waals surface area contributed by atoms with Crippen LogP contribution in [0, 0.1) is 0 Å². The zero-order valence-electron chi connectivity index (χ0n) is 12.3. The fourth-order valence-electron chi connectivity index (χ4n) is 2.08. The van der Waals surface area contributed by atoms with Gasteiger partial charge in [-0.25, -0.2) is 4.79 Å². The van der Waals surface area contributed by atoms with Crippen molar-refractivity contribution in [2.24, 2.45) is 5.73 Å². The highest BCUT2D eigenvalue weighted by Crippen LogP contribution is 2.09. The minimum Gasteiger partial charge on any atom is -0.338 e. The molecule has 5 heteroatoms. The van der Waals surface area contributed by atoms with E-state index in [0.29, 0.717) is 24.7 Å². The van der Waals surface area contributed by atoms with Gasteiger partial charge >= 0.3 is 6.03 Å². The summed E-state index contributed by atoms with van der Waals surface area (Å²) in [6.07, 6.45) is 0.771. The summed E-state index contributed by atoms with van der Waals surface area (Å²) < 4.78 is 0. The Bertz CT molecular complexity index is 614. The van der Waals surface area contributed by atoms with Gasteiger partial charge in [-0.3, -0.25) is 0 Å². The van der Waals surface area contributed by atoms with Crippen molar-refractivity contribution >= 4 is 17.6 Å². The molecular weight excluding hydrogens is 298 g/mol. The van der Waals surface area contributed by atoms with E-state index in [-0.39, 0.29) is 6.03 Å². The minimum absolute atomic E-state index is 0.174. The maximum Gasteiger partial charge on any atom is 0.315 e. The fraction of sp³-hybridized carbons (Fsp3) is 0.235. The Morgan fingerprint density at radius 2 is 1.73 bits per heavy atom. The first kappa shape index (κ1) is 16.3. The maximum atomic E-state index is 11.7. The fourth-order valence-corrected chi connectivity index (χ4v) is 2.21. The summed E-state index contributed by atoms with van der Waals surface area (Å²) in [5.74, 6) is 0. The number of amides is 2. The number of carbonyl (C=O) groups is 1. The van der Waals surface area contributed by atoms with Gasteiger partial charge in [0.05, 0.1) is 0 Å². The molecule has 0 fully saturated rings. The van der Waals surface area contributed by atoms with Crippen molar-refractivity contribution in [3.63, 3.8) is 0 Å². The van der Waals surface area contributed by atoms with E-state index in [2.05, 4.69) is 10.6 Å². The van der Waals surface area contributed by atoms with Crippen molar-refractivity contribution in [1.82, 2.24) is 10.6 Å². The molecule has 0 bridgehead atoms. The number of nitrogens with two attached hydrogens (primary N) is 1.